The SMILES string of the molecule is O=C(COc1ccccc1Cl)NCC(=O)NN=Cc1ccc(Cl)cc1Cl. The van der Waals surface area contributed by atoms with Crippen LogP contribution < -0.4 is 15.5 Å². The standard InChI is InChI=1S/C17H14Cl3N3O3/c18-12-6-5-11(14(20)7-12)8-22-23-16(24)9-21-17(25)10-26-15-4-2-1-3-13(15)19/h1-8H,9-10H2,(H,21,25)(H,23,24). The van der Waals surface area contributed by atoms with E-state index in [1.165, 1.54) is 6.21 Å². The lowest BCUT2D eigenvalue weighted by Crippen LogP contribution is -2.37. The maximum absolute atomic E-state index is 11.7. The lowest BCUT2D eigenvalue weighted by molar-refractivity contribution is -0.127. The van der Waals surface area contributed by atoms with Crippen molar-refractivity contribution < 1.29 is 14.3 Å². The third-order valence-electron chi connectivity index (χ3n) is 3.00. The van der Waals surface area contributed by atoms with Crippen LogP contribution in [0.2, 0.25) is 15.1 Å². The Kier molecular flexibility index (Phi) is 7.72. The zero-order valence-electron chi connectivity index (χ0n) is 13.3. The normalized spacial score (nSPS) is 10.6. The van der Waals surface area contributed by atoms with Crippen LogP contribution in [0, 0.1) is 0 Å². The van der Waals surface area contributed by atoms with Crippen molar-refractivity contribution in [3.8, 4) is 5.75 Å². The quantitative estimate of drug-likeness (QED) is 0.539. The van der Waals surface area contributed by atoms with E-state index in [1.807, 2.05) is 0 Å². The van der Waals surface area contributed by atoms with Crippen LogP contribution in [-0.4, -0.2) is 31.2 Å². The molecule has 0 unspecified atom stereocenters. The Labute approximate surface area is 165 Å². The number of carbonyl (C=O) groups excluding carboxylic acids is 2. The molecule has 2 rings (SSSR count). The Morgan fingerprint density at radius 2 is 1.81 bits per heavy atom. The van der Waals surface area contributed by atoms with Gasteiger partial charge in [-0.2, -0.15) is 5.10 Å². The number of para-hydroxylation sites is 1. The predicted octanol–water partition coefficient (Wildman–Crippen LogP) is 3.29. The molecule has 0 fully saturated rings. The molecule has 0 aliphatic heterocycles. The van der Waals surface area contributed by atoms with E-state index in [-0.39, 0.29) is 13.2 Å². The monoisotopic (exact) mass is 413 g/mol. The predicted molar refractivity (Wildman–Crippen MR) is 102 cm³/mol. The molecule has 0 aromatic heterocycles. The average molecular weight is 415 g/mol. The topological polar surface area (TPSA) is 79.8 Å². The molecule has 9 heteroatoms. The summed E-state index contributed by atoms with van der Waals surface area (Å²) in [6.07, 6.45) is 1.37. The van der Waals surface area contributed by atoms with Gasteiger partial charge in [0.15, 0.2) is 6.61 Å². The molecule has 0 heterocycles. The molecule has 0 aliphatic rings. The summed E-state index contributed by atoms with van der Waals surface area (Å²) in [5.74, 6) is -0.583. The summed E-state index contributed by atoms with van der Waals surface area (Å²) in [5, 5.41) is 7.46. The Morgan fingerprint density at radius 3 is 2.54 bits per heavy atom. The van der Waals surface area contributed by atoms with Gasteiger partial charge in [0.05, 0.1) is 22.8 Å². The number of ether oxygens (including phenoxy) is 1. The summed E-state index contributed by atoms with van der Waals surface area (Å²) < 4.78 is 5.26. The summed E-state index contributed by atoms with van der Waals surface area (Å²) in [7, 11) is 0. The highest BCUT2D eigenvalue weighted by molar-refractivity contribution is 6.36. The second kappa shape index (κ2) is 10.0. The first kappa shape index (κ1) is 20.0. The van der Waals surface area contributed by atoms with Gasteiger partial charge in [0.1, 0.15) is 5.75 Å². The third kappa shape index (κ3) is 6.55. The molecule has 0 saturated heterocycles. The van der Waals surface area contributed by atoms with Gasteiger partial charge in [-0.05, 0) is 24.3 Å². The van der Waals surface area contributed by atoms with Crippen molar-refractivity contribution in [3.05, 3.63) is 63.1 Å². The molecule has 0 atom stereocenters. The van der Waals surface area contributed by atoms with E-state index in [2.05, 4.69) is 15.8 Å². The third-order valence-corrected chi connectivity index (χ3v) is 3.87. The fourth-order valence-electron chi connectivity index (χ4n) is 1.75. The number of carbonyl (C=O) groups is 2. The molecule has 0 aliphatic carbocycles. The van der Waals surface area contributed by atoms with Crippen LogP contribution in [0.4, 0.5) is 0 Å². The summed E-state index contributed by atoms with van der Waals surface area (Å²) >= 11 is 17.7. The molecule has 136 valence electrons. The van der Waals surface area contributed by atoms with E-state index in [0.29, 0.717) is 26.4 Å². The van der Waals surface area contributed by atoms with E-state index in [1.54, 1.807) is 42.5 Å². The number of hydrogen-bond donors (Lipinski definition) is 2. The maximum atomic E-state index is 11.7. The van der Waals surface area contributed by atoms with Crippen LogP contribution >= 0.6 is 34.8 Å². The minimum Gasteiger partial charge on any atom is -0.482 e. The summed E-state index contributed by atoms with van der Waals surface area (Å²) in [4.78, 5) is 23.3. The number of nitrogens with zero attached hydrogens (tertiary/aromatic N) is 1. The number of rotatable bonds is 7. The Morgan fingerprint density at radius 1 is 1.04 bits per heavy atom. The van der Waals surface area contributed by atoms with Crippen LogP contribution in [0.25, 0.3) is 0 Å². The number of nitrogens with one attached hydrogen (secondary N) is 2. The minimum atomic E-state index is -0.502. The molecule has 0 radical (unpaired) electrons. The zero-order chi connectivity index (χ0) is 18.9. The Bertz CT molecular complexity index is 828. The van der Waals surface area contributed by atoms with Crippen molar-refractivity contribution in [1.29, 1.82) is 0 Å². The lowest BCUT2D eigenvalue weighted by atomic mass is 10.2. The van der Waals surface area contributed by atoms with E-state index in [4.69, 9.17) is 39.5 Å². The molecule has 0 bridgehead atoms. The fourth-order valence-corrected chi connectivity index (χ4v) is 2.40. The molecular weight excluding hydrogens is 401 g/mol. The fraction of sp³-hybridized carbons (Fsp3) is 0.118. The van der Waals surface area contributed by atoms with Crippen molar-refractivity contribution in [2.24, 2.45) is 5.10 Å². The molecular formula is C17H14Cl3N3O3. The second-order valence-corrected chi connectivity index (χ2v) is 6.21. The van der Waals surface area contributed by atoms with Crippen molar-refractivity contribution in [2.75, 3.05) is 13.2 Å². The van der Waals surface area contributed by atoms with Crippen LogP contribution in [0.5, 0.6) is 5.75 Å². The molecule has 6 nitrogen and oxygen atoms in total. The minimum absolute atomic E-state index is 0.254. The largest absolute Gasteiger partial charge is 0.482 e. The van der Waals surface area contributed by atoms with Gasteiger partial charge in [-0.3, -0.25) is 9.59 Å². The number of hydrogen-bond acceptors (Lipinski definition) is 4. The Hall–Kier alpha value is -2.28. The number of benzene rings is 2. The molecule has 2 aromatic rings. The lowest BCUT2D eigenvalue weighted by Gasteiger charge is -2.08. The van der Waals surface area contributed by atoms with Crippen molar-refractivity contribution >= 4 is 52.8 Å². The highest BCUT2D eigenvalue weighted by atomic mass is 35.5. The zero-order valence-corrected chi connectivity index (χ0v) is 15.6. The first-order valence-corrected chi connectivity index (χ1v) is 8.50. The van der Waals surface area contributed by atoms with Gasteiger partial charge in [0, 0.05) is 10.6 Å². The van der Waals surface area contributed by atoms with Crippen LogP contribution in [0.1, 0.15) is 5.56 Å². The highest BCUT2D eigenvalue weighted by Gasteiger charge is 2.07. The van der Waals surface area contributed by atoms with Crippen molar-refractivity contribution in [3.63, 3.8) is 0 Å². The number of amides is 2. The smallest absolute Gasteiger partial charge is 0.259 e. The van der Waals surface area contributed by atoms with Gasteiger partial charge >= 0.3 is 0 Å². The highest BCUT2D eigenvalue weighted by Crippen LogP contribution is 2.22. The van der Waals surface area contributed by atoms with Crippen LogP contribution in [0.3, 0.4) is 0 Å². The van der Waals surface area contributed by atoms with Gasteiger partial charge < -0.3 is 10.1 Å². The number of halogens is 3. The van der Waals surface area contributed by atoms with E-state index in [9.17, 15) is 9.59 Å². The van der Waals surface area contributed by atoms with E-state index < -0.39 is 11.8 Å². The molecule has 0 saturated carbocycles. The van der Waals surface area contributed by atoms with Gasteiger partial charge in [0.2, 0.25) is 0 Å². The van der Waals surface area contributed by atoms with Crippen LogP contribution in [0.15, 0.2) is 47.6 Å². The Balaban J connectivity index is 1.71. The number of hydrazone groups is 1. The average Bonchev–Trinajstić information content (AvgIpc) is 2.61. The summed E-state index contributed by atoms with van der Waals surface area (Å²) in [6, 6.07) is 11.6. The molecule has 2 aromatic carbocycles. The van der Waals surface area contributed by atoms with E-state index in [0.717, 1.165) is 0 Å². The first-order chi connectivity index (χ1) is 12.5. The second-order valence-electron chi connectivity index (χ2n) is 4.95. The molecule has 0 spiro atoms. The summed E-state index contributed by atoms with van der Waals surface area (Å²) in [6.45, 7) is -0.517. The molecule has 26 heavy (non-hydrogen) atoms. The molecule has 2 N–H and O–H groups in total. The van der Waals surface area contributed by atoms with Gasteiger partial charge in [-0.15, -0.1) is 0 Å². The maximum Gasteiger partial charge on any atom is 0.259 e. The van der Waals surface area contributed by atoms with Gasteiger partial charge in [-0.1, -0.05) is 53.0 Å². The van der Waals surface area contributed by atoms with Gasteiger partial charge in [-0.25, -0.2) is 5.43 Å². The van der Waals surface area contributed by atoms with Crippen LogP contribution in [-0.2, 0) is 9.59 Å². The first-order valence-electron chi connectivity index (χ1n) is 7.36. The summed E-state index contributed by atoms with van der Waals surface area (Å²) in [5.41, 5.74) is 2.86. The molecule has 2 amide bonds. The van der Waals surface area contributed by atoms with E-state index >= 15 is 0 Å². The van der Waals surface area contributed by atoms with Crippen molar-refractivity contribution in [1.82, 2.24) is 10.7 Å². The van der Waals surface area contributed by atoms with Gasteiger partial charge in [0.25, 0.3) is 11.8 Å². The van der Waals surface area contributed by atoms with Crippen molar-refractivity contribution in [2.45, 2.75) is 0 Å².